The van der Waals surface area contributed by atoms with E-state index in [1.54, 1.807) is 6.20 Å². The molecule has 0 amide bonds. The minimum atomic E-state index is 0.516. The van der Waals surface area contributed by atoms with E-state index in [0.717, 1.165) is 55.8 Å². The minimum absolute atomic E-state index is 0.516. The normalized spacial score (nSPS) is 11.5. The third kappa shape index (κ3) is 3.52. The number of benzene rings is 2. The van der Waals surface area contributed by atoms with Crippen molar-refractivity contribution >= 4 is 38.5 Å². The van der Waals surface area contributed by atoms with Gasteiger partial charge in [0.1, 0.15) is 17.2 Å². The molecule has 0 aliphatic rings. The zero-order valence-electron chi connectivity index (χ0n) is 18.2. The highest BCUT2D eigenvalue weighted by molar-refractivity contribution is 9.10. The summed E-state index contributed by atoms with van der Waals surface area (Å²) in [4.78, 5) is 8.89. The minimum Gasteiger partial charge on any atom is -0.455 e. The molecule has 4 aromatic heterocycles. The van der Waals surface area contributed by atoms with Gasteiger partial charge in [0.15, 0.2) is 0 Å². The molecule has 9 nitrogen and oxygen atoms in total. The van der Waals surface area contributed by atoms with Crippen LogP contribution >= 0.6 is 15.9 Å². The number of hydrogen-bond acceptors (Lipinski definition) is 7. The highest BCUT2D eigenvalue weighted by Gasteiger charge is 2.19. The summed E-state index contributed by atoms with van der Waals surface area (Å²) in [6, 6.07) is 16.1. The average molecular weight is 515 g/mol. The third-order valence-corrected chi connectivity index (χ3v) is 6.50. The van der Waals surface area contributed by atoms with Gasteiger partial charge in [0.25, 0.3) is 0 Å². The summed E-state index contributed by atoms with van der Waals surface area (Å²) in [5.41, 5.74) is 4.64. The summed E-state index contributed by atoms with van der Waals surface area (Å²) in [6.45, 7) is 2.73. The van der Waals surface area contributed by atoms with Crippen LogP contribution in [0.25, 0.3) is 39.5 Å². The predicted molar refractivity (Wildman–Crippen MR) is 132 cm³/mol. The smallest absolute Gasteiger partial charge is 0.235 e. The quantitative estimate of drug-likeness (QED) is 0.311. The first kappa shape index (κ1) is 20.5. The SMILES string of the molecule is CCc1cc(NCc2ccc3oc(-c4ccccc4-c4nn[nH]n4)c(Br)c3c2)n2ccnc2n1. The molecule has 0 atom stereocenters. The molecule has 6 rings (SSSR count). The van der Waals surface area contributed by atoms with E-state index in [0.29, 0.717) is 18.1 Å². The first-order valence-corrected chi connectivity index (χ1v) is 11.6. The van der Waals surface area contributed by atoms with Crippen LogP contribution in [0.3, 0.4) is 0 Å². The highest BCUT2D eigenvalue weighted by atomic mass is 79.9. The summed E-state index contributed by atoms with van der Waals surface area (Å²) >= 11 is 3.76. The molecule has 0 saturated heterocycles. The van der Waals surface area contributed by atoms with Crippen LogP contribution in [0.1, 0.15) is 18.2 Å². The van der Waals surface area contributed by atoms with E-state index in [1.807, 2.05) is 40.9 Å². The Morgan fingerprint density at radius 3 is 2.82 bits per heavy atom. The molecule has 0 aliphatic heterocycles. The number of aromatic nitrogens is 7. The van der Waals surface area contributed by atoms with Gasteiger partial charge in [0.05, 0.1) is 4.47 Å². The Morgan fingerprint density at radius 2 is 2.00 bits per heavy atom. The Kier molecular flexibility index (Phi) is 5.06. The van der Waals surface area contributed by atoms with E-state index in [9.17, 15) is 0 Å². The summed E-state index contributed by atoms with van der Waals surface area (Å²) in [6.07, 6.45) is 4.52. The number of fused-ring (bicyclic) bond motifs is 2. The molecule has 0 radical (unpaired) electrons. The van der Waals surface area contributed by atoms with Crippen molar-refractivity contribution in [1.29, 1.82) is 0 Å². The Labute approximate surface area is 202 Å². The van der Waals surface area contributed by atoms with E-state index in [-0.39, 0.29) is 0 Å². The number of nitrogens with zero attached hydrogens (tertiary/aromatic N) is 6. The van der Waals surface area contributed by atoms with Gasteiger partial charge in [-0.1, -0.05) is 37.3 Å². The lowest BCUT2D eigenvalue weighted by molar-refractivity contribution is 0.630. The van der Waals surface area contributed by atoms with E-state index >= 15 is 0 Å². The van der Waals surface area contributed by atoms with Crippen molar-refractivity contribution in [1.82, 2.24) is 35.0 Å². The zero-order chi connectivity index (χ0) is 23.1. The van der Waals surface area contributed by atoms with Gasteiger partial charge in [-0.05, 0) is 45.3 Å². The van der Waals surface area contributed by atoms with Crippen molar-refractivity contribution < 1.29 is 4.42 Å². The number of nitrogens with one attached hydrogen (secondary N) is 2. The summed E-state index contributed by atoms with van der Waals surface area (Å²) in [5.74, 6) is 2.89. The molecule has 0 spiro atoms. The molecule has 34 heavy (non-hydrogen) atoms. The average Bonchev–Trinajstić information content (AvgIpc) is 3.63. The number of imidazole rings is 1. The monoisotopic (exact) mass is 514 g/mol. The van der Waals surface area contributed by atoms with Crippen molar-refractivity contribution in [3.05, 3.63) is 76.7 Å². The molecule has 0 fully saturated rings. The fourth-order valence-corrected chi connectivity index (χ4v) is 4.62. The number of H-pyrrole nitrogens is 1. The van der Waals surface area contributed by atoms with Crippen molar-refractivity contribution in [3.63, 3.8) is 0 Å². The maximum Gasteiger partial charge on any atom is 0.235 e. The second-order valence-corrected chi connectivity index (χ2v) is 8.59. The predicted octanol–water partition coefficient (Wildman–Crippen LogP) is 5.26. The number of aromatic amines is 1. The van der Waals surface area contributed by atoms with Crippen molar-refractivity contribution in [2.75, 3.05) is 5.32 Å². The molecular formula is C24H19BrN8O. The summed E-state index contributed by atoms with van der Waals surface area (Å²) < 4.78 is 9.09. The molecule has 2 aromatic carbocycles. The maximum absolute atomic E-state index is 6.24. The number of rotatable bonds is 6. The molecule has 0 saturated carbocycles. The Bertz CT molecular complexity index is 1620. The number of aryl methyl sites for hydroxylation is 1. The largest absolute Gasteiger partial charge is 0.455 e. The van der Waals surface area contributed by atoms with Crippen LogP contribution in [0.15, 0.2) is 69.8 Å². The van der Waals surface area contributed by atoms with Crippen molar-refractivity contribution in [2.24, 2.45) is 0 Å². The molecule has 0 aliphatic carbocycles. The number of tetrazole rings is 1. The van der Waals surface area contributed by atoms with Gasteiger partial charge in [-0.15, -0.1) is 10.2 Å². The van der Waals surface area contributed by atoms with Gasteiger partial charge < -0.3 is 9.73 Å². The molecular weight excluding hydrogens is 496 g/mol. The topological polar surface area (TPSA) is 110 Å². The Morgan fingerprint density at radius 1 is 1.12 bits per heavy atom. The summed E-state index contributed by atoms with van der Waals surface area (Å²) in [7, 11) is 0. The second kappa shape index (κ2) is 8.38. The van der Waals surface area contributed by atoms with Crippen molar-refractivity contribution in [3.8, 4) is 22.7 Å². The lowest BCUT2D eigenvalue weighted by atomic mass is 10.0. The summed E-state index contributed by atoms with van der Waals surface area (Å²) in [5, 5.41) is 19.0. The lowest BCUT2D eigenvalue weighted by Crippen LogP contribution is -2.06. The Hall–Kier alpha value is -4.05. The number of furan rings is 1. The highest BCUT2D eigenvalue weighted by Crippen LogP contribution is 2.41. The standard InChI is InChI=1S/C24H19BrN8O/c1-2-15-12-20(33-10-9-26-24(33)28-15)27-13-14-7-8-19-18(11-14)21(25)22(34-19)16-5-3-4-6-17(16)23-29-31-32-30-23/h3-12,27H,2,13H2,1H3,(H,29,30,31,32). The van der Waals surface area contributed by atoms with Crippen LogP contribution in [-0.4, -0.2) is 35.0 Å². The van der Waals surface area contributed by atoms with E-state index in [1.165, 1.54) is 0 Å². The Balaban J connectivity index is 1.34. The molecule has 10 heteroatoms. The van der Waals surface area contributed by atoms with Gasteiger partial charge in [-0.3, -0.25) is 4.40 Å². The molecule has 0 unspecified atom stereocenters. The van der Waals surface area contributed by atoms with Gasteiger partial charge in [0.2, 0.25) is 11.6 Å². The first-order chi connectivity index (χ1) is 16.7. The molecule has 2 N–H and O–H groups in total. The number of halogens is 1. The van der Waals surface area contributed by atoms with Crippen LogP contribution in [0.4, 0.5) is 5.82 Å². The van der Waals surface area contributed by atoms with Crippen LogP contribution < -0.4 is 5.32 Å². The van der Waals surface area contributed by atoms with Gasteiger partial charge in [0, 0.05) is 47.2 Å². The molecule has 4 heterocycles. The fourth-order valence-electron chi connectivity index (χ4n) is 4.01. The maximum atomic E-state index is 6.24. The van der Waals surface area contributed by atoms with Crippen LogP contribution in [0.2, 0.25) is 0 Å². The number of hydrogen-bond donors (Lipinski definition) is 2. The molecule has 168 valence electrons. The number of anilines is 1. The molecule has 6 aromatic rings. The van der Waals surface area contributed by atoms with Gasteiger partial charge in [-0.25, -0.2) is 9.97 Å². The van der Waals surface area contributed by atoms with E-state index in [4.69, 9.17) is 4.42 Å². The van der Waals surface area contributed by atoms with Crippen LogP contribution in [0, 0.1) is 0 Å². The molecule has 0 bridgehead atoms. The van der Waals surface area contributed by atoms with Gasteiger partial charge in [-0.2, -0.15) is 5.21 Å². The van der Waals surface area contributed by atoms with E-state index < -0.39 is 0 Å². The van der Waals surface area contributed by atoms with Crippen LogP contribution in [-0.2, 0) is 13.0 Å². The van der Waals surface area contributed by atoms with Crippen LogP contribution in [0.5, 0.6) is 0 Å². The zero-order valence-corrected chi connectivity index (χ0v) is 19.7. The lowest BCUT2D eigenvalue weighted by Gasteiger charge is -2.10. The second-order valence-electron chi connectivity index (χ2n) is 7.79. The third-order valence-electron chi connectivity index (χ3n) is 5.71. The first-order valence-electron chi connectivity index (χ1n) is 10.8. The van der Waals surface area contributed by atoms with E-state index in [2.05, 4.69) is 77.0 Å². The fraction of sp³-hybridized carbons (Fsp3) is 0.125. The van der Waals surface area contributed by atoms with Crippen molar-refractivity contribution in [2.45, 2.75) is 19.9 Å². The van der Waals surface area contributed by atoms with Gasteiger partial charge >= 0.3 is 0 Å².